The standard InChI is InChI=1S/C20H21ClN2O4S/c1-12-5-4-6-13(2)18(12)23-11-14-10-20(14,28(23,25)26)19(24)22-15-7-8-17(27-3)16(21)9-15/h4-9,14H,10-11H2,1-3H3,(H,22,24). The number of anilines is 2. The number of fused-ring (bicyclic) bond motifs is 1. The maximum Gasteiger partial charge on any atom is 0.250 e. The van der Waals surface area contributed by atoms with Gasteiger partial charge in [0.05, 0.1) is 17.8 Å². The molecule has 28 heavy (non-hydrogen) atoms. The summed E-state index contributed by atoms with van der Waals surface area (Å²) >= 11 is 6.11. The van der Waals surface area contributed by atoms with Crippen LogP contribution in [0.5, 0.6) is 5.75 Å². The van der Waals surface area contributed by atoms with Crippen LogP contribution in [0.3, 0.4) is 0 Å². The van der Waals surface area contributed by atoms with E-state index in [4.69, 9.17) is 16.3 Å². The van der Waals surface area contributed by atoms with E-state index in [-0.39, 0.29) is 5.92 Å². The minimum Gasteiger partial charge on any atom is -0.495 e. The number of hydrogen-bond donors (Lipinski definition) is 1. The number of methoxy groups -OCH3 is 1. The van der Waals surface area contributed by atoms with Crippen molar-refractivity contribution in [1.82, 2.24) is 0 Å². The van der Waals surface area contributed by atoms with Crippen molar-refractivity contribution in [1.29, 1.82) is 0 Å². The van der Waals surface area contributed by atoms with Gasteiger partial charge in [0, 0.05) is 18.2 Å². The van der Waals surface area contributed by atoms with E-state index in [1.54, 1.807) is 18.2 Å². The molecule has 1 N–H and O–H groups in total. The molecule has 2 atom stereocenters. The van der Waals surface area contributed by atoms with Crippen molar-refractivity contribution in [2.45, 2.75) is 25.0 Å². The van der Waals surface area contributed by atoms with E-state index in [9.17, 15) is 13.2 Å². The summed E-state index contributed by atoms with van der Waals surface area (Å²) in [5, 5.41) is 3.07. The molecule has 1 aliphatic heterocycles. The molecule has 0 spiro atoms. The number of benzene rings is 2. The minimum atomic E-state index is -3.83. The number of aryl methyl sites for hydroxylation is 2. The van der Waals surface area contributed by atoms with Crippen molar-refractivity contribution in [3.8, 4) is 5.75 Å². The molecule has 0 aromatic heterocycles. The van der Waals surface area contributed by atoms with Crippen LogP contribution < -0.4 is 14.4 Å². The Morgan fingerprint density at radius 1 is 1.25 bits per heavy atom. The zero-order valence-electron chi connectivity index (χ0n) is 15.8. The summed E-state index contributed by atoms with van der Waals surface area (Å²) in [5.74, 6) is -0.241. The lowest BCUT2D eigenvalue weighted by atomic mass is 10.1. The summed E-state index contributed by atoms with van der Waals surface area (Å²) in [6.45, 7) is 4.09. The fourth-order valence-corrected chi connectivity index (χ4v) is 6.87. The Morgan fingerprint density at radius 3 is 2.54 bits per heavy atom. The maximum absolute atomic E-state index is 13.4. The van der Waals surface area contributed by atoms with Gasteiger partial charge in [-0.2, -0.15) is 0 Å². The fourth-order valence-electron chi connectivity index (χ4n) is 4.12. The van der Waals surface area contributed by atoms with Crippen molar-refractivity contribution in [3.63, 3.8) is 0 Å². The number of hydrogen-bond acceptors (Lipinski definition) is 4. The number of carbonyl (C=O) groups is 1. The molecule has 2 aromatic rings. The Labute approximate surface area is 169 Å². The number of para-hydroxylation sites is 1. The van der Waals surface area contributed by atoms with E-state index in [0.29, 0.717) is 35.1 Å². The van der Waals surface area contributed by atoms with E-state index in [0.717, 1.165) is 11.1 Å². The first-order valence-electron chi connectivity index (χ1n) is 8.96. The second kappa shape index (κ2) is 6.39. The van der Waals surface area contributed by atoms with E-state index in [1.807, 2.05) is 32.0 Å². The Morgan fingerprint density at radius 2 is 1.93 bits per heavy atom. The molecule has 148 valence electrons. The van der Waals surface area contributed by atoms with Crippen molar-refractivity contribution in [2.75, 3.05) is 23.3 Å². The van der Waals surface area contributed by atoms with Crippen molar-refractivity contribution in [3.05, 3.63) is 52.5 Å². The summed E-state index contributed by atoms with van der Waals surface area (Å²) in [5.41, 5.74) is 2.87. The highest BCUT2D eigenvalue weighted by Gasteiger charge is 2.75. The summed E-state index contributed by atoms with van der Waals surface area (Å²) in [7, 11) is -2.33. The fraction of sp³-hybridized carbons (Fsp3) is 0.350. The lowest BCUT2D eigenvalue weighted by molar-refractivity contribution is -0.116. The van der Waals surface area contributed by atoms with Crippen LogP contribution in [0, 0.1) is 19.8 Å². The second-order valence-corrected chi connectivity index (χ2v) is 9.90. The highest BCUT2D eigenvalue weighted by Crippen LogP contribution is 2.59. The molecule has 2 aromatic carbocycles. The smallest absolute Gasteiger partial charge is 0.250 e. The molecule has 4 rings (SSSR count). The third-order valence-corrected chi connectivity index (χ3v) is 8.48. The van der Waals surface area contributed by atoms with Gasteiger partial charge in [0.2, 0.25) is 15.9 Å². The molecule has 1 saturated carbocycles. The van der Waals surface area contributed by atoms with Gasteiger partial charge in [0.1, 0.15) is 5.75 Å². The first-order valence-corrected chi connectivity index (χ1v) is 10.8. The second-order valence-electron chi connectivity index (χ2n) is 7.37. The average molecular weight is 421 g/mol. The lowest BCUT2D eigenvalue weighted by Crippen LogP contribution is -2.42. The molecular formula is C20H21ClN2O4S. The molecule has 0 bridgehead atoms. The van der Waals surface area contributed by atoms with Crippen LogP contribution in [0.1, 0.15) is 17.5 Å². The predicted octanol–water partition coefficient (Wildman–Crippen LogP) is 3.51. The largest absolute Gasteiger partial charge is 0.495 e. The van der Waals surface area contributed by atoms with E-state index < -0.39 is 20.7 Å². The average Bonchev–Trinajstić information content (AvgIpc) is 3.32. The van der Waals surface area contributed by atoms with Gasteiger partial charge in [-0.3, -0.25) is 9.10 Å². The van der Waals surface area contributed by atoms with E-state index in [2.05, 4.69) is 5.32 Å². The van der Waals surface area contributed by atoms with Gasteiger partial charge in [-0.25, -0.2) is 8.42 Å². The Hall–Kier alpha value is -2.25. The van der Waals surface area contributed by atoms with Gasteiger partial charge in [0.15, 0.2) is 4.75 Å². The quantitative estimate of drug-likeness (QED) is 0.821. The van der Waals surface area contributed by atoms with Crippen molar-refractivity contribution in [2.24, 2.45) is 5.92 Å². The third-order valence-electron chi connectivity index (χ3n) is 5.67. The molecular weight excluding hydrogens is 400 g/mol. The normalized spacial score (nSPS) is 24.6. The zero-order valence-corrected chi connectivity index (χ0v) is 17.4. The number of amides is 1. The van der Waals surface area contributed by atoms with Crippen LogP contribution in [-0.4, -0.2) is 32.7 Å². The highest BCUT2D eigenvalue weighted by molar-refractivity contribution is 7.95. The molecule has 1 amide bonds. The number of ether oxygens (including phenoxy) is 1. The molecule has 2 fully saturated rings. The summed E-state index contributed by atoms with van der Waals surface area (Å²) in [4.78, 5) is 13.0. The summed E-state index contributed by atoms with van der Waals surface area (Å²) < 4.78 is 31.9. The van der Waals surface area contributed by atoms with Gasteiger partial charge >= 0.3 is 0 Å². The van der Waals surface area contributed by atoms with Crippen molar-refractivity contribution >= 4 is 38.9 Å². The number of halogens is 1. The van der Waals surface area contributed by atoms with Gasteiger partial charge in [-0.1, -0.05) is 29.8 Å². The van der Waals surface area contributed by atoms with Crippen LogP contribution in [-0.2, 0) is 14.8 Å². The van der Waals surface area contributed by atoms with Gasteiger partial charge in [-0.05, 0) is 49.6 Å². The molecule has 1 saturated heterocycles. The van der Waals surface area contributed by atoms with Gasteiger partial charge < -0.3 is 10.1 Å². The number of carbonyl (C=O) groups excluding carboxylic acids is 1. The lowest BCUT2D eigenvalue weighted by Gasteiger charge is -2.26. The Balaban J connectivity index is 1.64. The van der Waals surface area contributed by atoms with Crippen LogP contribution in [0.4, 0.5) is 11.4 Å². The molecule has 1 heterocycles. The first-order chi connectivity index (χ1) is 13.2. The summed E-state index contributed by atoms with van der Waals surface area (Å²) in [6, 6.07) is 10.5. The first kappa shape index (κ1) is 19.1. The highest BCUT2D eigenvalue weighted by atomic mass is 35.5. The molecule has 2 unspecified atom stereocenters. The SMILES string of the molecule is COc1ccc(NC(=O)C23CC2CN(c2c(C)cccc2C)S3(=O)=O)cc1Cl. The van der Waals surface area contributed by atoms with Crippen LogP contribution in [0.15, 0.2) is 36.4 Å². The monoisotopic (exact) mass is 420 g/mol. The molecule has 0 radical (unpaired) electrons. The molecule has 8 heteroatoms. The molecule has 6 nitrogen and oxygen atoms in total. The van der Waals surface area contributed by atoms with Crippen LogP contribution in [0.25, 0.3) is 0 Å². The zero-order chi connectivity index (χ0) is 20.3. The van der Waals surface area contributed by atoms with Crippen LogP contribution in [0.2, 0.25) is 5.02 Å². The van der Waals surface area contributed by atoms with Crippen molar-refractivity contribution < 1.29 is 17.9 Å². The topological polar surface area (TPSA) is 75.7 Å². The van der Waals surface area contributed by atoms with E-state index in [1.165, 1.54) is 11.4 Å². The number of sulfonamides is 1. The number of nitrogens with zero attached hydrogens (tertiary/aromatic N) is 1. The number of nitrogens with one attached hydrogen (secondary N) is 1. The molecule has 2 aliphatic rings. The predicted molar refractivity (Wildman–Crippen MR) is 110 cm³/mol. The Kier molecular flexibility index (Phi) is 4.35. The number of rotatable bonds is 4. The summed E-state index contributed by atoms with van der Waals surface area (Å²) in [6.07, 6.45) is 0.340. The Bertz CT molecular complexity index is 1070. The molecule has 1 aliphatic carbocycles. The van der Waals surface area contributed by atoms with E-state index >= 15 is 0 Å². The van der Waals surface area contributed by atoms with Crippen LogP contribution >= 0.6 is 11.6 Å². The van der Waals surface area contributed by atoms with Gasteiger partial charge in [0.25, 0.3) is 0 Å². The maximum atomic E-state index is 13.4. The van der Waals surface area contributed by atoms with Gasteiger partial charge in [-0.15, -0.1) is 0 Å². The minimum absolute atomic E-state index is 0.217. The third kappa shape index (κ3) is 2.60.